The largest absolute Gasteiger partial charge is 0.444 e. The molecule has 0 radical (unpaired) electrons. The molecule has 5 nitrogen and oxygen atoms in total. The SMILES string of the molecule is CC(C)(C)OC(=O)N[C@@H](C[C@@H]1CCCCC1=O)C(=O)CCl. The number of hydrogen-bond donors (Lipinski definition) is 1. The molecule has 120 valence electrons. The van der Waals surface area contributed by atoms with E-state index in [9.17, 15) is 14.4 Å². The lowest BCUT2D eigenvalue weighted by Crippen LogP contribution is -2.45. The van der Waals surface area contributed by atoms with Crippen molar-refractivity contribution in [1.29, 1.82) is 0 Å². The van der Waals surface area contributed by atoms with Crippen molar-refractivity contribution in [3.05, 3.63) is 0 Å². The molecule has 1 aliphatic carbocycles. The molecule has 1 rings (SSSR count). The number of carbonyl (C=O) groups excluding carboxylic acids is 3. The zero-order chi connectivity index (χ0) is 16.0. The van der Waals surface area contributed by atoms with E-state index in [1.54, 1.807) is 20.8 Å². The Kier molecular flexibility index (Phi) is 6.65. The van der Waals surface area contributed by atoms with E-state index in [1.807, 2.05) is 0 Å². The van der Waals surface area contributed by atoms with Crippen LogP contribution >= 0.6 is 11.6 Å². The van der Waals surface area contributed by atoms with Crippen molar-refractivity contribution in [2.24, 2.45) is 5.92 Å². The van der Waals surface area contributed by atoms with Gasteiger partial charge in [0.25, 0.3) is 0 Å². The van der Waals surface area contributed by atoms with E-state index < -0.39 is 17.7 Å². The smallest absolute Gasteiger partial charge is 0.408 e. The lowest BCUT2D eigenvalue weighted by atomic mass is 9.83. The Labute approximate surface area is 130 Å². The summed E-state index contributed by atoms with van der Waals surface area (Å²) in [5.41, 5.74) is -0.640. The number of alkyl halides is 1. The highest BCUT2D eigenvalue weighted by atomic mass is 35.5. The number of alkyl carbamates (subject to hydrolysis) is 1. The Balaban J connectivity index is 2.65. The van der Waals surface area contributed by atoms with Crippen LogP contribution in [0.25, 0.3) is 0 Å². The number of hydrogen-bond acceptors (Lipinski definition) is 4. The predicted octanol–water partition coefficient (Wildman–Crippen LogP) is 2.84. The maximum Gasteiger partial charge on any atom is 0.408 e. The highest BCUT2D eigenvalue weighted by Gasteiger charge is 2.30. The Bertz CT molecular complexity index is 403. The first-order chi connectivity index (χ1) is 9.73. The van der Waals surface area contributed by atoms with E-state index in [0.717, 1.165) is 19.3 Å². The minimum Gasteiger partial charge on any atom is -0.444 e. The molecule has 0 spiro atoms. The summed E-state index contributed by atoms with van der Waals surface area (Å²) in [6.45, 7) is 5.24. The number of Topliss-reactive ketones (excluding diaryl/α,β-unsaturated/α-hetero) is 2. The quantitative estimate of drug-likeness (QED) is 0.791. The normalized spacial score (nSPS) is 20.8. The summed E-state index contributed by atoms with van der Waals surface area (Å²) in [6.07, 6.45) is 2.85. The fourth-order valence-corrected chi connectivity index (χ4v) is 2.59. The van der Waals surface area contributed by atoms with Crippen molar-refractivity contribution in [1.82, 2.24) is 5.32 Å². The molecule has 0 unspecified atom stereocenters. The third-order valence-corrected chi connectivity index (χ3v) is 3.68. The Morgan fingerprint density at radius 2 is 2.05 bits per heavy atom. The van der Waals surface area contributed by atoms with Gasteiger partial charge in [-0.1, -0.05) is 6.42 Å². The molecular formula is C15H24ClNO4. The summed E-state index contributed by atoms with van der Waals surface area (Å²) in [4.78, 5) is 35.5. The fraction of sp³-hybridized carbons (Fsp3) is 0.800. The van der Waals surface area contributed by atoms with Gasteiger partial charge < -0.3 is 10.1 Å². The number of amides is 1. The highest BCUT2D eigenvalue weighted by molar-refractivity contribution is 6.28. The van der Waals surface area contributed by atoms with Crippen LogP contribution in [0.5, 0.6) is 0 Å². The number of rotatable bonds is 5. The third-order valence-electron chi connectivity index (χ3n) is 3.41. The van der Waals surface area contributed by atoms with E-state index in [4.69, 9.17) is 16.3 Å². The van der Waals surface area contributed by atoms with Crippen molar-refractivity contribution in [3.8, 4) is 0 Å². The maximum atomic E-state index is 11.9. The number of ketones is 2. The first-order valence-corrected chi connectivity index (χ1v) is 7.87. The Hall–Kier alpha value is -1.10. The molecule has 0 aromatic heterocycles. The molecule has 1 aliphatic rings. The van der Waals surface area contributed by atoms with Crippen LogP contribution in [0.3, 0.4) is 0 Å². The average molecular weight is 318 g/mol. The molecule has 0 aromatic rings. The second-order valence-electron chi connectivity index (χ2n) is 6.44. The topological polar surface area (TPSA) is 72.5 Å². The van der Waals surface area contributed by atoms with E-state index in [1.165, 1.54) is 0 Å². The average Bonchev–Trinajstić information content (AvgIpc) is 2.37. The van der Waals surface area contributed by atoms with Gasteiger partial charge in [-0.2, -0.15) is 0 Å². The molecule has 1 fully saturated rings. The Morgan fingerprint density at radius 3 is 2.57 bits per heavy atom. The molecule has 1 amide bonds. The predicted molar refractivity (Wildman–Crippen MR) is 80.5 cm³/mol. The van der Waals surface area contributed by atoms with Crippen LogP contribution in [0, 0.1) is 5.92 Å². The monoisotopic (exact) mass is 317 g/mol. The molecule has 6 heteroatoms. The number of ether oxygens (including phenoxy) is 1. The first-order valence-electron chi connectivity index (χ1n) is 7.34. The number of carbonyl (C=O) groups is 3. The van der Waals surface area contributed by atoms with Crippen LogP contribution in [0.1, 0.15) is 52.9 Å². The van der Waals surface area contributed by atoms with Crippen LogP contribution in [0.2, 0.25) is 0 Å². The third kappa shape index (κ3) is 6.46. The molecule has 2 atom stereocenters. The fourth-order valence-electron chi connectivity index (χ4n) is 2.40. The van der Waals surface area contributed by atoms with Gasteiger partial charge in [0.1, 0.15) is 11.4 Å². The summed E-state index contributed by atoms with van der Waals surface area (Å²) in [7, 11) is 0. The van der Waals surface area contributed by atoms with Crippen molar-refractivity contribution >= 4 is 29.3 Å². The van der Waals surface area contributed by atoms with Gasteiger partial charge in [-0.15, -0.1) is 11.6 Å². The highest BCUT2D eigenvalue weighted by Crippen LogP contribution is 2.25. The molecular weight excluding hydrogens is 294 g/mol. The molecule has 0 aromatic carbocycles. The minimum atomic E-state index is -0.760. The van der Waals surface area contributed by atoms with Crippen molar-refractivity contribution < 1.29 is 19.1 Å². The summed E-state index contributed by atoms with van der Waals surface area (Å²) in [6, 6.07) is -0.760. The Morgan fingerprint density at radius 1 is 1.38 bits per heavy atom. The standard InChI is InChI=1S/C15H24ClNO4/c1-15(2,3)21-14(20)17-11(13(19)9-16)8-10-6-4-5-7-12(10)18/h10-11H,4-9H2,1-3H3,(H,17,20)/t10-,11-/m0/s1. The number of nitrogens with one attached hydrogen (secondary N) is 1. The lowest BCUT2D eigenvalue weighted by molar-refractivity contribution is -0.125. The van der Waals surface area contributed by atoms with Crippen LogP contribution in [0.15, 0.2) is 0 Å². The minimum absolute atomic E-state index is 0.166. The van der Waals surface area contributed by atoms with Crippen LogP contribution in [-0.4, -0.2) is 35.2 Å². The number of halogens is 1. The van der Waals surface area contributed by atoms with Gasteiger partial charge in [-0.3, -0.25) is 9.59 Å². The van der Waals surface area contributed by atoms with Gasteiger partial charge in [0.15, 0.2) is 5.78 Å². The van der Waals surface area contributed by atoms with E-state index >= 15 is 0 Å². The zero-order valence-corrected chi connectivity index (χ0v) is 13.7. The molecule has 0 bridgehead atoms. The summed E-state index contributed by atoms with van der Waals surface area (Å²) in [5.74, 6) is -0.493. The summed E-state index contributed by atoms with van der Waals surface area (Å²) in [5, 5.41) is 2.54. The molecule has 0 heterocycles. The van der Waals surface area contributed by atoms with Crippen molar-refractivity contribution in [2.75, 3.05) is 5.88 Å². The molecule has 1 N–H and O–H groups in total. The molecule has 0 aliphatic heterocycles. The second-order valence-corrected chi connectivity index (χ2v) is 6.71. The van der Waals surface area contributed by atoms with Crippen LogP contribution < -0.4 is 5.32 Å². The van der Waals surface area contributed by atoms with E-state index in [-0.39, 0.29) is 23.4 Å². The van der Waals surface area contributed by atoms with Gasteiger partial charge in [0, 0.05) is 12.3 Å². The van der Waals surface area contributed by atoms with Crippen LogP contribution in [-0.2, 0) is 14.3 Å². The zero-order valence-electron chi connectivity index (χ0n) is 12.9. The van der Waals surface area contributed by atoms with Gasteiger partial charge in [0.05, 0.1) is 11.9 Å². The second kappa shape index (κ2) is 7.78. The van der Waals surface area contributed by atoms with Gasteiger partial charge >= 0.3 is 6.09 Å². The van der Waals surface area contributed by atoms with Gasteiger partial charge in [-0.05, 0) is 40.0 Å². The van der Waals surface area contributed by atoms with Crippen LogP contribution in [0.4, 0.5) is 4.79 Å². The summed E-state index contributed by atoms with van der Waals surface area (Å²) < 4.78 is 5.15. The van der Waals surface area contributed by atoms with E-state index in [2.05, 4.69) is 5.32 Å². The lowest BCUT2D eigenvalue weighted by Gasteiger charge is -2.26. The summed E-state index contributed by atoms with van der Waals surface area (Å²) >= 11 is 5.59. The van der Waals surface area contributed by atoms with Gasteiger partial charge in [0.2, 0.25) is 0 Å². The molecule has 21 heavy (non-hydrogen) atoms. The van der Waals surface area contributed by atoms with Gasteiger partial charge in [-0.25, -0.2) is 4.79 Å². The first kappa shape index (κ1) is 18.0. The maximum absolute atomic E-state index is 11.9. The van der Waals surface area contributed by atoms with E-state index in [0.29, 0.717) is 12.8 Å². The molecule has 0 saturated heterocycles. The molecule has 1 saturated carbocycles. The van der Waals surface area contributed by atoms with Crippen molar-refractivity contribution in [3.63, 3.8) is 0 Å². The van der Waals surface area contributed by atoms with Crippen molar-refractivity contribution in [2.45, 2.75) is 64.5 Å².